The number of nitrogens with zero attached hydrogens (tertiary/aromatic N) is 1. The number of carbonyl (C=O) groups is 1. The van der Waals surface area contributed by atoms with Gasteiger partial charge in [-0.25, -0.2) is 0 Å². The van der Waals surface area contributed by atoms with Crippen molar-refractivity contribution in [1.29, 1.82) is 0 Å². The monoisotopic (exact) mass is 415 g/mol. The van der Waals surface area contributed by atoms with E-state index in [-0.39, 0.29) is 11.8 Å². The van der Waals surface area contributed by atoms with Gasteiger partial charge in [0, 0.05) is 23.1 Å². The number of benzene rings is 3. The van der Waals surface area contributed by atoms with Crippen LogP contribution in [0.1, 0.15) is 23.5 Å². The zero-order chi connectivity index (χ0) is 19.1. The number of hydrogen-bond donors (Lipinski definition) is 0. The Bertz CT molecular complexity index is 1080. The second-order valence-electron chi connectivity index (χ2n) is 6.65. The Kier molecular flexibility index (Phi) is 4.90. The third-order valence-corrected chi connectivity index (χ3v) is 5.80. The molecule has 1 aliphatic heterocycles. The van der Waals surface area contributed by atoms with Crippen LogP contribution in [0.15, 0.2) is 66.2 Å². The molecule has 4 rings (SSSR count). The van der Waals surface area contributed by atoms with Crippen molar-refractivity contribution in [2.24, 2.45) is 0 Å². The molecule has 0 spiro atoms. The lowest BCUT2D eigenvalue weighted by molar-refractivity contribution is -0.119. The fraction of sp³-hybridized carbons (Fsp3) is 0.136. The normalized spacial score (nSPS) is 16.5. The van der Waals surface area contributed by atoms with Crippen molar-refractivity contribution in [2.45, 2.75) is 12.3 Å². The molecule has 1 heterocycles. The summed E-state index contributed by atoms with van der Waals surface area (Å²) >= 11 is 18.4. The minimum absolute atomic E-state index is 0.00986. The van der Waals surface area contributed by atoms with Crippen molar-refractivity contribution in [3.8, 4) is 0 Å². The highest BCUT2D eigenvalue weighted by atomic mass is 35.5. The van der Waals surface area contributed by atoms with Crippen LogP contribution in [0.25, 0.3) is 10.8 Å². The zero-order valence-electron chi connectivity index (χ0n) is 14.4. The molecule has 0 saturated carbocycles. The van der Waals surface area contributed by atoms with Crippen LogP contribution < -0.4 is 4.90 Å². The molecule has 136 valence electrons. The first-order valence-corrected chi connectivity index (χ1v) is 9.69. The Balaban J connectivity index is 1.97. The van der Waals surface area contributed by atoms with Crippen LogP contribution in [0.3, 0.4) is 0 Å². The lowest BCUT2D eigenvalue weighted by atomic mass is 9.81. The average Bonchev–Trinajstić information content (AvgIpc) is 2.65. The molecule has 5 heteroatoms. The van der Waals surface area contributed by atoms with Crippen LogP contribution in [0.2, 0.25) is 10.0 Å². The van der Waals surface area contributed by atoms with Gasteiger partial charge >= 0.3 is 0 Å². The molecule has 0 bridgehead atoms. The van der Waals surface area contributed by atoms with Crippen LogP contribution in [-0.4, -0.2) is 12.5 Å². The van der Waals surface area contributed by atoms with E-state index in [9.17, 15) is 4.79 Å². The lowest BCUT2D eigenvalue weighted by Crippen LogP contribution is -2.37. The summed E-state index contributed by atoms with van der Waals surface area (Å²) in [7, 11) is 0. The summed E-state index contributed by atoms with van der Waals surface area (Å²) < 4.78 is 0. The van der Waals surface area contributed by atoms with Gasteiger partial charge in [-0.05, 0) is 40.1 Å². The number of hydrogen-bond acceptors (Lipinski definition) is 1. The fourth-order valence-corrected chi connectivity index (χ4v) is 4.19. The largest absolute Gasteiger partial charge is 0.307 e. The van der Waals surface area contributed by atoms with E-state index >= 15 is 0 Å². The molecule has 27 heavy (non-hydrogen) atoms. The van der Waals surface area contributed by atoms with E-state index in [0.717, 1.165) is 27.6 Å². The molecule has 0 fully saturated rings. The second-order valence-corrected chi connectivity index (χ2v) is 8.00. The lowest BCUT2D eigenvalue weighted by Gasteiger charge is -2.35. The predicted molar refractivity (Wildman–Crippen MR) is 114 cm³/mol. The first-order chi connectivity index (χ1) is 13.0. The highest BCUT2D eigenvalue weighted by Gasteiger charge is 2.33. The molecule has 2 nitrogen and oxygen atoms in total. The molecule has 1 atom stereocenters. The van der Waals surface area contributed by atoms with Crippen molar-refractivity contribution in [1.82, 2.24) is 0 Å². The zero-order valence-corrected chi connectivity index (χ0v) is 16.7. The molecular weight excluding hydrogens is 401 g/mol. The Hall–Kier alpha value is -2.00. The molecule has 0 saturated heterocycles. The van der Waals surface area contributed by atoms with Crippen LogP contribution in [0.4, 0.5) is 5.69 Å². The molecule has 1 unspecified atom stereocenters. The molecular formula is C22H16Cl3NO. The molecule has 3 aromatic rings. The summed E-state index contributed by atoms with van der Waals surface area (Å²) in [4.78, 5) is 14.6. The quantitative estimate of drug-likeness (QED) is 0.461. The molecule has 1 amide bonds. The van der Waals surface area contributed by atoms with E-state index in [4.69, 9.17) is 34.8 Å². The summed E-state index contributed by atoms with van der Waals surface area (Å²) in [5.74, 6) is -0.0936. The van der Waals surface area contributed by atoms with Gasteiger partial charge in [0.15, 0.2) is 0 Å². The topological polar surface area (TPSA) is 20.3 Å². The summed E-state index contributed by atoms with van der Waals surface area (Å²) in [5, 5.41) is 3.65. The van der Waals surface area contributed by atoms with Crippen LogP contribution in [0, 0.1) is 0 Å². The highest BCUT2D eigenvalue weighted by molar-refractivity contribution is 6.42. The molecule has 0 aliphatic carbocycles. The van der Waals surface area contributed by atoms with Gasteiger partial charge in [-0.3, -0.25) is 4.79 Å². The van der Waals surface area contributed by atoms with Gasteiger partial charge in [0.05, 0.1) is 16.6 Å². The Morgan fingerprint density at radius 1 is 1.07 bits per heavy atom. The minimum Gasteiger partial charge on any atom is -0.307 e. The summed E-state index contributed by atoms with van der Waals surface area (Å²) in [6.45, 7) is 4.05. The molecule has 0 radical (unpaired) electrons. The predicted octanol–water partition coefficient (Wildman–Crippen LogP) is 6.77. The van der Waals surface area contributed by atoms with Gasteiger partial charge in [0.25, 0.3) is 0 Å². The van der Waals surface area contributed by atoms with E-state index in [1.165, 1.54) is 0 Å². The van der Waals surface area contributed by atoms with E-state index in [2.05, 4.69) is 18.7 Å². The van der Waals surface area contributed by atoms with E-state index in [1.807, 2.05) is 36.4 Å². The van der Waals surface area contributed by atoms with Gasteiger partial charge in [0.2, 0.25) is 5.91 Å². The minimum atomic E-state index is -0.104. The van der Waals surface area contributed by atoms with Crippen molar-refractivity contribution >= 4 is 57.2 Å². The molecule has 3 aromatic carbocycles. The second kappa shape index (κ2) is 7.20. The first-order valence-electron chi connectivity index (χ1n) is 8.56. The fourth-order valence-electron chi connectivity index (χ4n) is 3.77. The third kappa shape index (κ3) is 3.34. The maximum atomic E-state index is 12.9. The van der Waals surface area contributed by atoms with Crippen molar-refractivity contribution in [3.63, 3.8) is 0 Å². The number of halogens is 3. The van der Waals surface area contributed by atoms with Crippen molar-refractivity contribution < 1.29 is 4.79 Å². The van der Waals surface area contributed by atoms with Gasteiger partial charge in [-0.15, -0.1) is 0 Å². The Morgan fingerprint density at radius 3 is 2.59 bits per heavy atom. The number of anilines is 1. The Labute approximate surface area is 172 Å². The summed E-state index contributed by atoms with van der Waals surface area (Å²) in [6.07, 6.45) is 0.336. The van der Waals surface area contributed by atoms with Crippen molar-refractivity contribution in [3.05, 3.63) is 87.4 Å². The number of rotatable bonds is 3. The molecule has 1 aliphatic rings. The smallest absolute Gasteiger partial charge is 0.228 e. The van der Waals surface area contributed by atoms with Crippen LogP contribution in [-0.2, 0) is 4.79 Å². The van der Waals surface area contributed by atoms with Crippen LogP contribution in [0.5, 0.6) is 0 Å². The van der Waals surface area contributed by atoms with Gasteiger partial charge in [-0.2, -0.15) is 0 Å². The van der Waals surface area contributed by atoms with Crippen molar-refractivity contribution in [2.75, 3.05) is 11.4 Å². The van der Waals surface area contributed by atoms with E-state index in [0.29, 0.717) is 28.0 Å². The van der Waals surface area contributed by atoms with Gasteiger partial charge < -0.3 is 4.90 Å². The first kappa shape index (κ1) is 18.4. The van der Waals surface area contributed by atoms with Gasteiger partial charge in [-0.1, -0.05) is 77.8 Å². The summed E-state index contributed by atoms with van der Waals surface area (Å²) in [5.41, 5.74) is 2.94. The maximum Gasteiger partial charge on any atom is 0.228 e. The number of amides is 1. The van der Waals surface area contributed by atoms with E-state index < -0.39 is 0 Å². The highest BCUT2D eigenvalue weighted by Crippen LogP contribution is 2.45. The maximum absolute atomic E-state index is 12.9. The third-order valence-electron chi connectivity index (χ3n) is 4.94. The number of carbonyl (C=O) groups excluding carboxylic acids is 1. The Morgan fingerprint density at radius 2 is 1.85 bits per heavy atom. The average molecular weight is 417 g/mol. The van der Waals surface area contributed by atoms with Crippen LogP contribution >= 0.6 is 34.8 Å². The van der Waals surface area contributed by atoms with Gasteiger partial charge in [0.1, 0.15) is 0 Å². The molecule has 0 aromatic heterocycles. The SMILES string of the molecule is C=C(Cl)CN1C(=O)CC(c2ccc(Cl)c(Cl)c2)c2c1ccc1ccccc21. The van der Waals surface area contributed by atoms with E-state index in [1.54, 1.807) is 11.0 Å². The standard InChI is InChI=1S/C22H16Cl3NO/c1-13(23)12-26-20-9-7-14-4-2-3-5-16(14)22(20)17(11-21(26)27)15-6-8-18(24)19(25)10-15/h2-10,17H,1,11-12H2. The molecule has 0 N–H and O–H groups in total. The number of fused-ring (bicyclic) bond motifs is 3. The summed E-state index contributed by atoms with van der Waals surface area (Å²) in [6, 6.07) is 17.8.